The molecule has 1 aliphatic rings. The van der Waals surface area contributed by atoms with E-state index in [-0.39, 0.29) is 5.82 Å². The van der Waals surface area contributed by atoms with E-state index in [4.69, 9.17) is 15.6 Å². The van der Waals surface area contributed by atoms with Gasteiger partial charge in [0.2, 0.25) is 18.4 Å². The highest BCUT2D eigenvalue weighted by atomic mass is 79.9. The number of nitrogens with one attached hydrogen (secondary N) is 1. The summed E-state index contributed by atoms with van der Waals surface area (Å²) in [6.45, 7) is -0.398. The highest BCUT2D eigenvalue weighted by Crippen LogP contribution is 2.27. The summed E-state index contributed by atoms with van der Waals surface area (Å²) in [6, 6.07) is 0. The largest absolute Gasteiger partial charge is 0.394 e. The average molecular weight is 347 g/mol. The Bertz CT molecular complexity index is 650. The third kappa shape index (κ3) is 1.96. The summed E-state index contributed by atoms with van der Waals surface area (Å²) in [5.41, 5.74) is 6.64. The van der Waals surface area contributed by atoms with Crippen molar-refractivity contribution in [3.63, 3.8) is 0 Å². The van der Waals surface area contributed by atoms with E-state index in [1.54, 1.807) is 0 Å². The molecule has 0 unspecified atom stereocenters. The summed E-state index contributed by atoms with van der Waals surface area (Å²) < 4.78 is 7.35. The van der Waals surface area contributed by atoms with Gasteiger partial charge in [-0.25, -0.2) is 4.57 Å². The summed E-state index contributed by atoms with van der Waals surface area (Å²) in [4.78, 5) is 11.1. The third-order valence-electron chi connectivity index (χ3n) is 3.27. The van der Waals surface area contributed by atoms with E-state index in [0.29, 0.717) is 15.9 Å². The minimum Gasteiger partial charge on any atom is -0.394 e. The predicted octanol–water partition coefficient (Wildman–Crippen LogP) is -1.80. The maximum absolute atomic E-state index is 10.0. The van der Waals surface area contributed by atoms with Gasteiger partial charge in [-0.3, -0.25) is 0 Å². The predicted molar refractivity (Wildman–Crippen MR) is 69.2 cm³/mol. The van der Waals surface area contributed by atoms with Gasteiger partial charge >= 0.3 is 0 Å². The molecule has 1 aliphatic heterocycles. The Balaban J connectivity index is 2.09. The van der Waals surface area contributed by atoms with E-state index in [1.165, 1.54) is 10.9 Å². The van der Waals surface area contributed by atoms with Crippen LogP contribution in [-0.2, 0) is 4.74 Å². The number of ether oxygens (including phenoxy) is 1. The fourth-order valence-electron chi connectivity index (χ4n) is 2.24. The summed E-state index contributed by atoms with van der Waals surface area (Å²) >= 11 is 3.20. The number of hydrogen-bond acceptors (Lipinski definition) is 7. The standard InChI is InChI=1S/C10H12BrN5O4/c11-10-14-4-7(12)13-2-16(8(4)15-10)9-6(19)5(18)3(1-17)20-9/h2-3,5-6,9,17-19H,1H2,(H2,12,14,15)/p+1/t3-,5+,6-,9-/m0/s1. The second-order valence-electron chi connectivity index (χ2n) is 4.49. The molecule has 0 aliphatic carbocycles. The molecule has 0 saturated carbocycles. The molecule has 0 bridgehead atoms. The van der Waals surface area contributed by atoms with Gasteiger partial charge < -0.3 is 30.8 Å². The summed E-state index contributed by atoms with van der Waals surface area (Å²) in [5, 5.41) is 28.9. The zero-order valence-corrected chi connectivity index (χ0v) is 11.7. The molecule has 108 valence electrons. The number of aromatic amines is 1. The van der Waals surface area contributed by atoms with Gasteiger partial charge in [-0.15, -0.1) is 0 Å². The Morgan fingerprint density at radius 2 is 2.20 bits per heavy atom. The first-order chi connectivity index (χ1) is 9.52. The van der Waals surface area contributed by atoms with Crippen LogP contribution >= 0.6 is 15.9 Å². The lowest BCUT2D eigenvalue weighted by molar-refractivity contribution is -0.747. The van der Waals surface area contributed by atoms with E-state index in [2.05, 4.69) is 30.9 Å². The number of imidazole rings is 1. The van der Waals surface area contributed by atoms with Gasteiger partial charge in [-0.05, 0) is 0 Å². The number of nitrogens with zero attached hydrogens (tertiary/aromatic N) is 3. The van der Waals surface area contributed by atoms with Crippen molar-refractivity contribution in [1.82, 2.24) is 15.0 Å². The zero-order valence-electron chi connectivity index (χ0n) is 10.1. The lowest BCUT2D eigenvalue weighted by atomic mass is 10.1. The van der Waals surface area contributed by atoms with Crippen LogP contribution in [0, 0.1) is 0 Å². The Hall–Kier alpha value is -1.33. The molecule has 0 aromatic carbocycles. The molecule has 3 rings (SSSR count). The maximum atomic E-state index is 10.0. The number of nitrogens with two attached hydrogens (primary N) is 1. The summed E-state index contributed by atoms with van der Waals surface area (Å²) in [5.74, 6) is 0.251. The molecule has 9 nitrogen and oxygen atoms in total. The normalized spacial score (nSPS) is 30.2. The second-order valence-corrected chi connectivity index (χ2v) is 5.24. The zero-order chi connectivity index (χ0) is 14.4. The van der Waals surface area contributed by atoms with Crippen LogP contribution in [0.5, 0.6) is 0 Å². The molecular weight excluding hydrogens is 334 g/mol. The quantitative estimate of drug-likeness (QED) is 0.319. The van der Waals surface area contributed by atoms with Crippen LogP contribution in [0.15, 0.2) is 11.1 Å². The molecule has 0 spiro atoms. The molecule has 10 heteroatoms. The van der Waals surface area contributed by atoms with Gasteiger partial charge in [-0.1, -0.05) is 9.97 Å². The molecule has 6 N–H and O–H groups in total. The molecule has 0 amide bonds. The third-order valence-corrected chi connectivity index (χ3v) is 3.64. The van der Waals surface area contributed by atoms with Crippen LogP contribution in [0.3, 0.4) is 0 Å². The van der Waals surface area contributed by atoms with Crippen LogP contribution in [0.25, 0.3) is 11.2 Å². The van der Waals surface area contributed by atoms with Crippen LogP contribution in [-0.4, -0.2) is 55.2 Å². The van der Waals surface area contributed by atoms with Gasteiger partial charge in [0.05, 0.1) is 6.61 Å². The van der Waals surface area contributed by atoms with Crippen molar-refractivity contribution >= 4 is 32.9 Å². The van der Waals surface area contributed by atoms with Crippen LogP contribution in [0.1, 0.15) is 6.23 Å². The number of nitrogen functional groups attached to an aromatic ring is 1. The molecule has 2 aromatic rings. The van der Waals surface area contributed by atoms with Gasteiger partial charge in [0.25, 0.3) is 10.4 Å². The monoisotopic (exact) mass is 346 g/mol. The molecule has 4 atom stereocenters. The van der Waals surface area contributed by atoms with E-state index < -0.39 is 31.1 Å². The Morgan fingerprint density at radius 1 is 1.45 bits per heavy atom. The number of aliphatic hydroxyl groups excluding tert-OH is 3. The van der Waals surface area contributed by atoms with E-state index in [0.717, 1.165) is 0 Å². The first kappa shape index (κ1) is 13.6. The number of hydrogen-bond donors (Lipinski definition) is 5. The SMILES string of the molecule is Nc1nc[n+]([C@H]2O[C@@H](CO)[C@@H](O)[C@@H]2O)c2nc(Br)[nH]c12. The number of rotatable bonds is 2. The van der Waals surface area contributed by atoms with Crippen molar-refractivity contribution in [3.05, 3.63) is 11.1 Å². The topological polar surface area (TPSA) is 141 Å². The van der Waals surface area contributed by atoms with Crippen molar-refractivity contribution in [2.24, 2.45) is 0 Å². The average Bonchev–Trinajstić information content (AvgIpc) is 2.94. The van der Waals surface area contributed by atoms with Crippen molar-refractivity contribution in [3.8, 4) is 0 Å². The minimum atomic E-state index is -1.21. The number of aliphatic hydroxyl groups is 3. The number of H-pyrrole nitrogens is 1. The Kier molecular flexibility index (Phi) is 3.34. The highest BCUT2D eigenvalue weighted by molar-refractivity contribution is 9.10. The van der Waals surface area contributed by atoms with Crippen LogP contribution in [0.4, 0.5) is 5.82 Å². The molecule has 20 heavy (non-hydrogen) atoms. The first-order valence-corrected chi connectivity index (χ1v) is 6.65. The van der Waals surface area contributed by atoms with Gasteiger partial charge in [-0.2, -0.15) is 0 Å². The lowest BCUT2D eigenvalue weighted by Gasteiger charge is -2.13. The van der Waals surface area contributed by atoms with Crippen molar-refractivity contribution in [2.75, 3.05) is 12.3 Å². The van der Waals surface area contributed by atoms with Crippen LogP contribution < -0.4 is 10.3 Å². The van der Waals surface area contributed by atoms with E-state index in [9.17, 15) is 10.2 Å². The van der Waals surface area contributed by atoms with Crippen molar-refractivity contribution < 1.29 is 24.6 Å². The van der Waals surface area contributed by atoms with E-state index >= 15 is 0 Å². The summed E-state index contributed by atoms with van der Waals surface area (Å²) in [6.07, 6.45) is -2.80. The number of halogens is 1. The minimum absolute atomic E-state index is 0.251. The number of fused-ring (bicyclic) bond motifs is 1. The highest BCUT2D eigenvalue weighted by Gasteiger charge is 2.46. The Labute approximate surface area is 121 Å². The molecule has 1 fully saturated rings. The molecular formula is C10H13BrN5O4+. The molecule has 3 heterocycles. The number of aromatic nitrogens is 4. The van der Waals surface area contributed by atoms with Gasteiger partial charge in [0, 0.05) is 15.9 Å². The number of anilines is 1. The fourth-order valence-corrected chi connectivity index (χ4v) is 2.61. The van der Waals surface area contributed by atoms with Crippen molar-refractivity contribution in [1.29, 1.82) is 0 Å². The second kappa shape index (κ2) is 4.90. The first-order valence-electron chi connectivity index (χ1n) is 5.86. The smallest absolute Gasteiger partial charge is 0.297 e. The maximum Gasteiger partial charge on any atom is 0.297 e. The molecule has 2 aromatic heterocycles. The lowest BCUT2D eigenvalue weighted by Crippen LogP contribution is -2.47. The molecule has 0 radical (unpaired) electrons. The fraction of sp³-hybridized carbons (Fsp3) is 0.500. The summed E-state index contributed by atoms with van der Waals surface area (Å²) in [7, 11) is 0. The van der Waals surface area contributed by atoms with Crippen molar-refractivity contribution in [2.45, 2.75) is 24.5 Å². The molecule has 1 saturated heterocycles. The van der Waals surface area contributed by atoms with Crippen LogP contribution in [0.2, 0.25) is 0 Å². The Morgan fingerprint density at radius 3 is 2.85 bits per heavy atom. The van der Waals surface area contributed by atoms with Gasteiger partial charge in [0.15, 0.2) is 5.52 Å². The van der Waals surface area contributed by atoms with E-state index in [1.807, 2.05) is 0 Å². The van der Waals surface area contributed by atoms with Gasteiger partial charge in [0.1, 0.15) is 18.3 Å².